The molecule has 1 aliphatic rings. The van der Waals surface area contributed by atoms with Crippen molar-refractivity contribution in [1.82, 2.24) is 0 Å². The van der Waals surface area contributed by atoms with Gasteiger partial charge < -0.3 is 9.80 Å². The summed E-state index contributed by atoms with van der Waals surface area (Å²) in [6, 6.07) is 63.7. The molecule has 1 aliphatic carbocycles. The van der Waals surface area contributed by atoms with Crippen LogP contribution in [0, 0.1) is 12.8 Å². The van der Waals surface area contributed by atoms with Crippen molar-refractivity contribution in [3.63, 3.8) is 0 Å². The van der Waals surface area contributed by atoms with E-state index in [-0.39, 0.29) is 0 Å². The molecule has 8 rings (SSSR count). The van der Waals surface area contributed by atoms with Gasteiger partial charge in [0.2, 0.25) is 0 Å². The van der Waals surface area contributed by atoms with E-state index < -0.39 is 0 Å². The van der Waals surface area contributed by atoms with Gasteiger partial charge in [0.05, 0.1) is 5.69 Å². The highest BCUT2D eigenvalue weighted by molar-refractivity contribution is 5.83. The third kappa shape index (κ3) is 9.04. The highest BCUT2D eigenvalue weighted by Crippen LogP contribution is 2.42. The molecule has 2 heteroatoms. The van der Waals surface area contributed by atoms with Crippen LogP contribution in [0.1, 0.15) is 67.0 Å². The quantitative estimate of drug-likeness (QED) is 0.108. The van der Waals surface area contributed by atoms with Crippen molar-refractivity contribution in [3.05, 3.63) is 233 Å². The lowest BCUT2D eigenvalue weighted by Crippen LogP contribution is -2.24. The largest absolute Gasteiger partial charge is 0.314 e. The van der Waals surface area contributed by atoms with Gasteiger partial charge in [-0.15, -0.1) is 0 Å². The van der Waals surface area contributed by atoms with Crippen LogP contribution in [0.4, 0.5) is 28.4 Å². The maximum Gasteiger partial charge on any atom is 0.0522 e. The molecule has 0 aliphatic heterocycles. The molecule has 1 unspecified atom stereocenters. The molecule has 0 N–H and O–H groups in total. The Hall–Kier alpha value is -6.90. The predicted octanol–water partition coefficient (Wildman–Crippen LogP) is 16.4. The minimum Gasteiger partial charge on any atom is -0.314 e. The normalized spacial score (nSPS) is 14.0. The Labute approximate surface area is 357 Å². The van der Waals surface area contributed by atoms with E-state index in [4.69, 9.17) is 0 Å². The van der Waals surface area contributed by atoms with Crippen molar-refractivity contribution in [3.8, 4) is 11.1 Å². The summed E-state index contributed by atoms with van der Waals surface area (Å²) in [4.78, 5) is 4.91. The summed E-state index contributed by atoms with van der Waals surface area (Å²) in [6.07, 6.45) is 16.4. The lowest BCUT2D eigenvalue weighted by Gasteiger charge is -2.35. The fourth-order valence-electron chi connectivity index (χ4n) is 8.34. The highest BCUT2D eigenvalue weighted by Gasteiger charge is 2.24. The Balaban J connectivity index is 1.10. The van der Waals surface area contributed by atoms with E-state index in [2.05, 4.69) is 250 Å². The molecule has 0 radical (unpaired) electrons. The van der Waals surface area contributed by atoms with E-state index in [9.17, 15) is 0 Å². The molecule has 0 heterocycles. The van der Waals surface area contributed by atoms with Crippen LogP contribution in [-0.2, 0) is 6.42 Å². The fourth-order valence-corrected chi connectivity index (χ4v) is 8.34. The molecule has 7 aromatic rings. The van der Waals surface area contributed by atoms with Crippen molar-refractivity contribution >= 4 is 52.7 Å². The molecule has 0 aromatic heterocycles. The van der Waals surface area contributed by atoms with Gasteiger partial charge in [0.1, 0.15) is 0 Å². The molecule has 296 valence electrons. The van der Waals surface area contributed by atoms with Crippen LogP contribution in [0.2, 0.25) is 0 Å². The smallest absolute Gasteiger partial charge is 0.0522 e. The lowest BCUT2D eigenvalue weighted by atomic mass is 9.90. The first kappa shape index (κ1) is 39.9. The van der Waals surface area contributed by atoms with Crippen LogP contribution in [-0.4, -0.2) is 0 Å². The van der Waals surface area contributed by atoms with Crippen molar-refractivity contribution in [2.75, 3.05) is 9.80 Å². The molecule has 2 nitrogen and oxygen atoms in total. The molecule has 0 spiro atoms. The number of hydrogen-bond acceptors (Lipinski definition) is 2. The van der Waals surface area contributed by atoms with Gasteiger partial charge in [-0.25, -0.2) is 0 Å². The van der Waals surface area contributed by atoms with Gasteiger partial charge in [0, 0.05) is 34.4 Å². The van der Waals surface area contributed by atoms with E-state index in [1.165, 1.54) is 72.8 Å². The summed E-state index contributed by atoms with van der Waals surface area (Å²) < 4.78 is 0. The van der Waals surface area contributed by atoms with Gasteiger partial charge in [0.15, 0.2) is 0 Å². The van der Waals surface area contributed by atoms with E-state index in [1.54, 1.807) is 0 Å². The van der Waals surface area contributed by atoms with Gasteiger partial charge in [-0.05, 0) is 125 Å². The number of para-hydroxylation sites is 1. The zero-order valence-electron chi connectivity index (χ0n) is 35.3. The molecule has 7 aromatic carbocycles. The fraction of sp³-hybridized carbons (Fsp3) is 0.138. The van der Waals surface area contributed by atoms with Crippen molar-refractivity contribution in [2.24, 2.45) is 5.92 Å². The molecular weight excluding hydrogens is 725 g/mol. The molecule has 1 atom stereocenters. The SMILES string of the molecule is CCC1=C(N(c2ccc(/C=C\c3ccccc3)cc2)c2ccc(-c3ccc(N(c4ccc(/C=C\c5ccccc5)cc4)c4c(C)cccc4CC)cc3)cc2)C(C)CC=C1. The summed E-state index contributed by atoms with van der Waals surface area (Å²) in [5, 5.41) is 0. The minimum atomic E-state index is 0.404. The summed E-state index contributed by atoms with van der Waals surface area (Å²) in [7, 11) is 0. The molecular formula is C58H54N2. The number of hydrogen-bond donors (Lipinski definition) is 0. The second-order valence-corrected chi connectivity index (χ2v) is 15.7. The van der Waals surface area contributed by atoms with Crippen LogP contribution in [0.25, 0.3) is 35.4 Å². The Morgan fingerprint density at radius 2 is 0.900 bits per heavy atom. The monoisotopic (exact) mass is 778 g/mol. The third-order valence-electron chi connectivity index (χ3n) is 11.6. The number of allylic oxidation sites excluding steroid dienone is 4. The van der Waals surface area contributed by atoms with E-state index >= 15 is 0 Å². The van der Waals surface area contributed by atoms with Gasteiger partial charge in [-0.2, -0.15) is 0 Å². The molecule has 0 saturated carbocycles. The number of nitrogens with zero attached hydrogens (tertiary/aromatic N) is 2. The Bertz CT molecular complexity index is 2610. The predicted molar refractivity (Wildman–Crippen MR) is 260 cm³/mol. The Morgan fingerprint density at radius 1 is 0.467 bits per heavy atom. The average molecular weight is 779 g/mol. The van der Waals surface area contributed by atoms with Gasteiger partial charge in [0.25, 0.3) is 0 Å². The average Bonchev–Trinajstić information content (AvgIpc) is 3.30. The molecule has 0 bridgehead atoms. The van der Waals surface area contributed by atoms with Gasteiger partial charge in [-0.1, -0.05) is 185 Å². The second-order valence-electron chi connectivity index (χ2n) is 15.7. The van der Waals surface area contributed by atoms with Gasteiger partial charge >= 0.3 is 0 Å². The number of benzene rings is 7. The van der Waals surface area contributed by atoms with Crippen molar-refractivity contribution < 1.29 is 0 Å². The van der Waals surface area contributed by atoms with E-state index in [1.807, 2.05) is 0 Å². The summed E-state index contributed by atoms with van der Waals surface area (Å²) >= 11 is 0. The zero-order chi connectivity index (χ0) is 41.3. The molecule has 0 saturated heterocycles. The lowest BCUT2D eigenvalue weighted by molar-refractivity contribution is 0.655. The number of anilines is 5. The second kappa shape index (κ2) is 18.8. The highest BCUT2D eigenvalue weighted by atomic mass is 15.2. The molecule has 60 heavy (non-hydrogen) atoms. The van der Waals surface area contributed by atoms with Crippen LogP contribution < -0.4 is 9.80 Å². The first-order chi connectivity index (χ1) is 29.5. The molecule has 0 amide bonds. The summed E-state index contributed by atoms with van der Waals surface area (Å²) in [6.45, 7) is 9.09. The van der Waals surface area contributed by atoms with E-state index in [0.717, 1.165) is 30.6 Å². The standard InChI is InChI=1S/C58H54N2/c1-5-49-21-13-15-43(3)57(49)59(53-35-27-47(28-36-53)25-23-45-17-9-7-10-18-45)55-39-31-51(32-40-55)52-33-41-56(42-34-52)60(58-44(4)16-14-22-50(58)6-2)54-37-29-48(30-38-54)26-24-46-19-11-8-12-20-46/h7-15,17-42,44H,5-6,16H2,1-4H3/b25-23-,26-24-. The first-order valence-electron chi connectivity index (χ1n) is 21.4. The summed E-state index contributed by atoms with van der Waals surface area (Å²) in [5.41, 5.74) is 18.4. The van der Waals surface area contributed by atoms with Crippen LogP contribution in [0.3, 0.4) is 0 Å². The maximum atomic E-state index is 2.48. The minimum absolute atomic E-state index is 0.404. The first-order valence-corrected chi connectivity index (χ1v) is 21.4. The Morgan fingerprint density at radius 3 is 1.35 bits per heavy atom. The maximum absolute atomic E-state index is 2.48. The van der Waals surface area contributed by atoms with E-state index in [0.29, 0.717) is 5.92 Å². The van der Waals surface area contributed by atoms with Crippen LogP contribution in [0.15, 0.2) is 199 Å². The molecule has 0 fully saturated rings. The third-order valence-corrected chi connectivity index (χ3v) is 11.6. The Kier molecular flexibility index (Phi) is 12.5. The zero-order valence-corrected chi connectivity index (χ0v) is 35.3. The van der Waals surface area contributed by atoms with Crippen LogP contribution in [0.5, 0.6) is 0 Å². The number of rotatable bonds is 13. The van der Waals surface area contributed by atoms with Crippen LogP contribution >= 0.6 is 0 Å². The topological polar surface area (TPSA) is 6.48 Å². The summed E-state index contributed by atoms with van der Waals surface area (Å²) in [5.74, 6) is 0.404. The van der Waals surface area contributed by atoms with Crippen molar-refractivity contribution in [2.45, 2.75) is 47.0 Å². The van der Waals surface area contributed by atoms with Gasteiger partial charge in [-0.3, -0.25) is 0 Å². The van der Waals surface area contributed by atoms with Crippen molar-refractivity contribution in [1.29, 1.82) is 0 Å². The number of aryl methyl sites for hydroxylation is 2.